The molecule has 3 rings (SSSR count). The number of carbonyl (C=O) groups excluding carboxylic acids is 2. The van der Waals surface area contributed by atoms with Crippen LogP contribution in [0.25, 0.3) is 0 Å². The van der Waals surface area contributed by atoms with Crippen LogP contribution < -0.4 is 10.0 Å². The number of nitrogens with one attached hydrogen (secondary N) is 2. The first kappa shape index (κ1) is 12.0. The number of aryl methyl sites for hydroxylation is 2. The molecule has 0 fully saturated rings. The molecule has 1 aromatic carbocycles. The van der Waals surface area contributed by atoms with Crippen LogP contribution in [-0.4, -0.2) is 25.3 Å². The van der Waals surface area contributed by atoms with E-state index < -0.39 is 92.0 Å². The number of anilines is 2. The second-order valence-corrected chi connectivity index (χ2v) is 8.63. The minimum atomic E-state index is -4.60. The molecule has 1 amide bonds. The lowest BCUT2D eigenvalue weighted by molar-refractivity contribution is 0.101. The molecule has 2 N–H and O–H groups in total. The monoisotopic (exact) mass is 457 g/mol. The summed E-state index contributed by atoms with van der Waals surface area (Å²) in [4.78, 5) is 24.6. The van der Waals surface area contributed by atoms with E-state index in [1.807, 2.05) is 4.72 Å². The summed E-state index contributed by atoms with van der Waals surface area (Å²) in [5.41, 5.74) is -3.38. The maximum absolute atomic E-state index is 13.3. The third-order valence-corrected chi connectivity index (χ3v) is 6.38. The molecule has 10 heteroatoms. The van der Waals surface area contributed by atoms with E-state index in [1.165, 1.54) is 12.3 Å². The van der Waals surface area contributed by atoms with E-state index in [0.717, 1.165) is 19.1 Å². The summed E-state index contributed by atoms with van der Waals surface area (Å²) >= 11 is 0.637. The van der Waals surface area contributed by atoms with Crippen LogP contribution >= 0.6 is 11.3 Å². The molecule has 0 aliphatic rings. The van der Waals surface area contributed by atoms with Crippen molar-refractivity contribution in [2.75, 3.05) is 10.0 Å². The summed E-state index contributed by atoms with van der Waals surface area (Å²) in [6.07, 6.45) is 0. The largest absolute Gasteiger partial charge is 0.337 e. The number of amides is 1. The molecule has 30 heavy (non-hydrogen) atoms. The Labute approximate surface area is 192 Å². The van der Waals surface area contributed by atoms with Crippen LogP contribution in [0.15, 0.2) is 33.0 Å². The number of aromatic nitrogens is 1. The SMILES string of the molecule is [2H]c1c(C([2H])([2H])[2H])cc(C(C)=O)c(NC(=O)c2sccc2S(=O)(=O)Nc2onc(C([2H])([2H])[2H])c2C)c1C([2H])([2H])[2H]. The Morgan fingerprint density at radius 2 is 2.10 bits per heavy atom. The van der Waals surface area contributed by atoms with Gasteiger partial charge in [-0.3, -0.25) is 9.59 Å². The molecule has 3 aromatic rings. The summed E-state index contributed by atoms with van der Waals surface area (Å²) in [7, 11) is -4.60. The standard InChI is InChI=1S/C20H21N3O5S2/c1-10-8-11(2)17(15(9-10)14(5)24)21-19(25)18-16(6-7-29-18)30(26,27)23-20-12(3)13(4)22-28-20/h6-9,23H,1-5H3,(H,21,25)/i1D3,2D3,4D3,8D. The molecule has 0 radical (unpaired) electrons. The molecule has 0 saturated heterocycles. The molecule has 0 aliphatic heterocycles. The Hall–Kier alpha value is -2.98. The lowest BCUT2D eigenvalue weighted by Gasteiger charge is -2.14. The molecule has 0 saturated carbocycles. The van der Waals surface area contributed by atoms with E-state index in [9.17, 15) is 18.0 Å². The van der Waals surface area contributed by atoms with E-state index >= 15 is 0 Å². The molecule has 2 aromatic heterocycles. The van der Waals surface area contributed by atoms with Gasteiger partial charge in [0.05, 0.1) is 12.8 Å². The van der Waals surface area contributed by atoms with Crippen molar-refractivity contribution in [3.8, 4) is 0 Å². The van der Waals surface area contributed by atoms with E-state index in [2.05, 4.69) is 10.5 Å². The first-order valence-electron chi connectivity index (χ1n) is 13.1. The zero-order valence-corrected chi connectivity index (χ0v) is 17.2. The fourth-order valence-electron chi connectivity index (χ4n) is 2.44. The van der Waals surface area contributed by atoms with Crippen molar-refractivity contribution in [3.05, 3.63) is 56.4 Å². The molecule has 0 bridgehead atoms. The molecule has 0 atom stereocenters. The highest BCUT2D eigenvalue weighted by molar-refractivity contribution is 7.93. The third-order valence-electron chi connectivity index (χ3n) is 3.96. The van der Waals surface area contributed by atoms with Gasteiger partial charge < -0.3 is 9.84 Å². The molecular formula is C20H21N3O5S2. The van der Waals surface area contributed by atoms with Crippen molar-refractivity contribution in [2.24, 2.45) is 0 Å². The first-order chi connectivity index (χ1) is 18.1. The van der Waals surface area contributed by atoms with E-state index in [1.54, 1.807) is 0 Å². The van der Waals surface area contributed by atoms with Crippen molar-refractivity contribution < 1.29 is 36.2 Å². The molecule has 2 heterocycles. The molecule has 0 spiro atoms. The van der Waals surface area contributed by atoms with Gasteiger partial charge in [0.25, 0.3) is 15.9 Å². The van der Waals surface area contributed by atoms with Crippen molar-refractivity contribution >= 4 is 44.6 Å². The predicted molar refractivity (Wildman–Crippen MR) is 115 cm³/mol. The van der Waals surface area contributed by atoms with Gasteiger partial charge in [0, 0.05) is 23.5 Å². The smallest absolute Gasteiger partial charge is 0.267 e. The minimum Gasteiger partial charge on any atom is -0.337 e. The summed E-state index contributed by atoms with van der Waals surface area (Å²) in [5.74, 6) is -2.51. The number of ketones is 1. The number of hydrogen-bond acceptors (Lipinski definition) is 7. The number of nitrogens with zero attached hydrogens (tertiary/aromatic N) is 1. The molecule has 158 valence electrons. The van der Waals surface area contributed by atoms with Crippen LogP contribution in [0.3, 0.4) is 0 Å². The van der Waals surface area contributed by atoms with Gasteiger partial charge in [-0.2, -0.15) is 0 Å². The number of carbonyl (C=O) groups is 2. The summed E-state index contributed by atoms with van der Waals surface area (Å²) in [6.45, 7) is -6.53. The molecular weight excluding hydrogens is 426 g/mol. The molecule has 0 unspecified atom stereocenters. The van der Waals surface area contributed by atoms with Gasteiger partial charge in [0.2, 0.25) is 5.88 Å². The first-order valence-corrected chi connectivity index (χ1v) is 10.5. The normalized spacial score (nSPS) is 17.5. The van der Waals surface area contributed by atoms with Crippen molar-refractivity contribution in [2.45, 2.75) is 39.3 Å². The van der Waals surface area contributed by atoms with Crippen LogP contribution in [-0.2, 0) is 10.0 Å². The van der Waals surface area contributed by atoms with E-state index in [4.69, 9.17) is 18.2 Å². The van der Waals surface area contributed by atoms with Crippen LogP contribution in [0, 0.1) is 27.5 Å². The number of benzene rings is 1. The second kappa shape index (κ2) is 8.04. The topological polar surface area (TPSA) is 118 Å². The predicted octanol–water partition coefficient (Wildman–Crippen LogP) is 4.23. The number of rotatable bonds is 6. The highest BCUT2D eigenvalue weighted by Crippen LogP contribution is 2.29. The van der Waals surface area contributed by atoms with Gasteiger partial charge in [-0.1, -0.05) is 11.2 Å². The van der Waals surface area contributed by atoms with Gasteiger partial charge in [-0.15, -0.1) is 11.3 Å². The summed E-state index contributed by atoms with van der Waals surface area (Å²) in [5, 5.41) is 6.79. The quantitative estimate of drug-likeness (QED) is 0.535. The zero-order chi connectivity index (χ0) is 30.6. The van der Waals surface area contributed by atoms with Gasteiger partial charge in [0.1, 0.15) is 9.77 Å². The van der Waals surface area contributed by atoms with Crippen molar-refractivity contribution in [1.82, 2.24) is 5.16 Å². The third kappa shape index (κ3) is 4.14. The van der Waals surface area contributed by atoms with Crippen molar-refractivity contribution in [3.63, 3.8) is 0 Å². The van der Waals surface area contributed by atoms with E-state index in [0.29, 0.717) is 11.3 Å². The highest BCUT2D eigenvalue weighted by Gasteiger charge is 2.27. The minimum absolute atomic E-state index is 0.115. The van der Waals surface area contributed by atoms with Gasteiger partial charge in [-0.05, 0) is 63.0 Å². The van der Waals surface area contributed by atoms with Crippen LogP contribution in [0.2, 0.25) is 0 Å². The van der Waals surface area contributed by atoms with Crippen LogP contribution in [0.4, 0.5) is 11.6 Å². The fourth-order valence-corrected chi connectivity index (χ4v) is 4.82. The molecule has 8 nitrogen and oxygen atoms in total. The average Bonchev–Trinajstić information content (AvgIpc) is 3.39. The number of hydrogen-bond donors (Lipinski definition) is 2. The van der Waals surface area contributed by atoms with Crippen molar-refractivity contribution in [1.29, 1.82) is 0 Å². The van der Waals surface area contributed by atoms with Gasteiger partial charge in [0.15, 0.2) is 5.78 Å². The Balaban J connectivity index is 2.10. The Morgan fingerprint density at radius 1 is 1.30 bits per heavy atom. The zero-order valence-electron chi connectivity index (χ0n) is 25.5. The Bertz CT molecular complexity index is 1600. The summed E-state index contributed by atoms with van der Waals surface area (Å²) < 4.78 is 110. The Kier molecular flexibility index (Phi) is 3.22. The lowest BCUT2D eigenvalue weighted by atomic mass is 10.0. The molecule has 0 aliphatic carbocycles. The summed E-state index contributed by atoms with van der Waals surface area (Å²) in [6, 6.07) is 0.903. The average molecular weight is 458 g/mol. The van der Waals surface area contributed by atoms with Crippen LogP contribution in [0.1, 0.15) is 63.0 Å². The maximum Gasteiger partial charge on any atom is 0.267 e. The Morgan fingerprint density at radius 3 is 2.73 bits per heavy atom. The highest BCUT2D eigenvalue weighted by atomic mass is 32.2. The van der Waals surface area contributed by atoms with Crippen LogP contribution in [0.5, 0.6) is 0 Å². The van der Waals surface area contributed by atoms with Gasteiger partial charge in [-0.25, -0.2) is 13.1 Å². The van der Waals surface area contributed by atoms with E-state index in [-0.39, 0.29) is 5.56 Å². The number of Topliss-reactive ketones (excluding diaryl/α,β-unsaturated/α-hetero) is 1. The fraction of sp³-hybridized carbons (Fsp3) is 0.250. The lowest BCUT2D eigenvalue weighted by Crippen LogP contribution is -2.20. The number of sulfonamides is 1. The second-order valence-electron chi connectivity index (χ2n) is 6.06. The number of thiophene rings is 1. The maximum atomic E-state index is 13.3. The van der Waals surface area contributed by atoms with Gasteiger partial charge >= 0.3 is 0 Å².